The first-order chi connectivity index (χ1) is 10.0. The summed E-state index contributed by atoms with van der Waals surface area (Å²) in [6, 6.07) is 9.86. The van der Waals surface area contributed by atoms with Gasteiger partial charge in [0.2, 0.25) is 5.91 Å². The van der Waals surface area contributed by atoms with E-state index in [-0.39, 0.29) is 11.9 Å². The van der Waals surface area contributed by atoms with E-state index >= 15 is 0 Å². The molecule has 0 aliphatic carbocycles. The summed E-state index contributed by atoms with van der Waals surface area (Å²) in [5.74, 6) is -0.195. The molecule has 0 radical (unpaired) electrons. The number of hydrogen-bond acceptors (Lipinski definition) is 4. The van der Waals surface area contributed by atoms with Gasteiger partial charge in [0.25, 0.3) is 0 Å². The first kappa shape index (κ1) is 17.2. The summed E-state index contributed by atoms with van der Waals surface area (Å²) >= 11 is 0. The molecule has 1 aromatic carbocycles. The lowest BCUT2D eigenvalue weighted by Crippen LogP contribution is -2.37. The van der Waals surface area contributed by atoms with E-state index < -0.39 is 0 Å². The Morgan fingerprint density at radius 3 is 2.43 bits per heavy atom. The molecule has 0 bridgehead atoms. The van der Waals surface area contributed by atoms with Crippen LogP contribution in [-0.2, 0) is 20.9 Å². The van der Waals surface area contributed by atoms with Crippen molar-refractivity contribution in [2.45, 2.75) is 19.9 Å². The van der Waals surface area contributed by atoms with Gasteiger partial charge in [0.15, 0.2) is 0 Å². The Bertz CT molecular complexity index is 448. The highest BCUT2D eigenvalue weighted by Crippen LogP contribution is 2.03. The van der Waals surface area contributed by atoms with Gasteiger partial charge in [0.1, 0.15) is 0 Å². The van der Waals surface area contributed by atoms with Gasteiger partial charge in [0.05, 0.1) is 19.6 Å². The summed E-state index contributed by atoms with van der Waals surface area (Å²) < 4.78 is 4.86. The maximum atomic E-state index is 12.1. The molecule has 116 valence electrons. The predicted octanol–water partition coefficient (Wildman–Crippen LogP) is 1.53. The number of hydrogen-bond donors (Lipinski definition) is 0. The number of amides is 1. The lowest BCUT2D eigenvalue weighted by Gasteiger charge is -2.21. The van der Waals surface area contributed by atoms with Crippen molar-refractivity contribution in [1.82, 2.24) is 9.80 Å². The van der Waals surface area contributed by atoms with Crippen LogP contribution in [0.5, 0.6) is 0 Å². The second-order valence-corrected chi connectivity index (χ2v) is 5.03. The van der Waals surface area contributed by atoms with Gasteiger partial charge in [-0.3, -0.25) is 14.5 Å². The summed E-state index contributed by atoms with van der Waals surface area (Å²) in [6.07, 6.45) is 0.306. The molecule has 0 N–H and O–H groups in total. The minimum absolute atomic E-state index is 0.0326. The van der Waals surface area contributed by atoms with E-state index in [1.54, 1.807) is 18.9 Å². The number of carbonyl (C=O) groups excluding carboxylic acids is 2. The highest BCUT2D eigenvalue weighted by atomic mass is 16.5. The Labute approximate surface area is 126 Å². The van der Waals surface area contributed by atoms with Gasteiger partial charge < -0.3 is 9.64 Å². The molecule has 0 saturated heterocycles. The number of carbonyl (C=O) groups is 2. The van der Waals surface area contributed by atoms with Crippen LogP contribution in [0.1, 0.15) is 18.9 Å². The van der Waals surface area contributed by atoms with Crippen LogP contribution < -0.4 is 0 Å². The largest absolute Gasteiger partial charge is 0.466 e. The fraction of sp³-hybridized carbons (Fsp3) is 0.500. The van der Waals surface area contributed by atoms with Crippen molar-refractivity contribution in [3.8, 4) is 0 Å². The summed E-state index contributed by atoms with van der Waals surface area (Å²) in [6.45, 7) is 3.57. The van der Waals surface area contributed by atoms with E-state index in [0.29, 0.717) is 32.7 Å². The SMILES string of the molecule is CCOC(=O)CCN(C)CC(=O)N(C)Cc1ccccc1. The van der Waals surface area contributed by atoms with Crippen molar-refractivity contribution < 1.29 is 14.3 Å². The van der Waals surface area contributed by atoms with E-state index in [1.165, 1.54) is 0 Å². The Morgan fingerprint density at radius 1 is 1.14 bits per heavy atom. The maximum Gasteiger partial charge on any atom is 0.307 e. The number of esters is 1. The zero-order valence-electron chi connectivity index (χ0n) is 13.0. The van der Waals surface area contributed by atoms with Gasteiger partial charge in [-0.2, -0.15) is 0 Å². The predicted molar refractivity (Wildman–Crippen MR) is 81.7 cm³/mol. The number of likely N-dealkylation sites (N-methyl/N-ethyl adjacent to an activating group) is 2. The Hall–Kier alpha value is -1.88. The van der Waals surface area contributed by atoms with Gasteiger partial charge in [-0.1, -0.05) is 30.3 Å². The van der Waals surface area contributed by atoms with E-state index in [9.17, 15) is 9.59 Å². The molecule has 0 aliphatic heterocycles. The average molecular weight is 292 g/mol. The van der Waals surface area contributed by atoms with Crippen LogP contribution in [0.25, 0.3) is 0 Å². The molecule has 5 heteroatoms. The maximum absolute atomic E-state index is 12.1. The molecule has 0 spiro atoms. The fourth-order valence-electron chi connectivity index (χ4n) is 1.89. The van der Waals surface area contributed by atoms with Crippen molar-refractivity contribution in [2.24, 2.45) is 0 Å². The summed E-state index contributed by atoms with van der Waals surface area (Å²) in [7, 11) is 3.61. The molecule has 21 heavy (non-hydrogen) atoms. The molecule has 0 fully saturated rings. The molecule has 1 rings (SSSR count). The molecule has 0 aromatic heterocycles. The molecule has 5 nitrogen and oxygen atoms in total. The third-order valence-corrected chi connectivity index (χ3v) is 3.10. The van der Waals surface area contributed by atoms with E-state index in [2.05, 4.69) is 0 Å². The van der Waals surface area contributed by atoms with Gasteiger partial charge in [-0.25, -0.2) is 0 Å². The summed E-state index contributed by atoms with van der Waals surface area (Å²) in [4.78, 5) is 26.9. The Morgan fingerprint density at radius 2 is 1.81 bits per heavy atom. The number of ether oxygens (including phenoxy) is 1. The van der Waals surface area contributed by atoms with Crippen molar-refractivity contribution in [3.05, 3.63) is 35.9 Å². The fourth-order valence-corrected chi connectivity index (χ4v) is 1.89. The average Bonchev–Trinajstić information content (AvgIpc) is 2.46. The molecular formula is C16H24N2O3. The van der Waals surface area contributed by atoms with Crippen molar-refractivity contribution in [1.29, 1.82) is 0 Å². The quantitative estimate of drug-likeness (QED) is 0.682. The first-order valence-electron chi connectivity index (χ1n) is 7.15. The summed E-state index contributed by atoms with van der Waals surface area (Å²) in [5.41, 5.74) is 1.10. The zero-order valence-corrected chi connectivity index (χ0v) is 13.0. The monoisotopic (exact) mass is 292 g/mol. The number of rotatable bonds is 8. The molecular weight excluding hydrogens is 268 g/mol. The zero-order chi connectivity index (χ0) is 15.7. The van der Waals surface area contributed by atoms with Crippen LogP contribution >= 0.6 is 0 Å². The minimum Gasteiger partial charge on any atom is -0.466 e. The number of benzene rings is 1. The Kier molecular flexibility index (Phi) is 7.46. The molecule has 1 amide bonds. The van der Waals surface area contributed by atoms with Gasteiger partial charge in [0, 0.05) is 20.1 Å². The van der Waals surface area contributed by atoms with Crippen LogP contribution in [0.4, 0.5) is 0 Å². The number of nitrogens with zero attached hydrogens (tertiary/aromatic N) is 2. The topological polar surface area (TPSA) is 49.9 Å². The van der Waals surface area contributed by atoms with E-state index in [4.69, 9.17) is 4.74 Å². The van der Waals surface area contributed by atoms with Gasteiger partial charge >= 0.3 is 5.97 Å². The third kappa shape index (κ3) is 6.90. The lowest BCUT2D eigenvalue weighted by atomic mass is 10.2. The Balaban J connectivity index is 2.33. The smallest absolute Gasteiger partial charge is 0.307 e. The molecule has 1 aromatic rings. The second kappa shape index (κ2) is 9.13. The van der Waals surface area contributed by atoms with Crippen molar-refractivity contribution in [3.63, 3.8) is 0 Å². The van der Waals surface area contributed by atoms with E-state index in [1.807, 2.05) is 42.3 Å². The van der Waals surface area contributed by atoms with Gasteiger partial charge in [-0.15, -0.1) is 0 Å². The minimum atomic E-state index is -0.227. The third-order valence-electron chi connectivity index (χ3n) is 3.10. The second-order valence-electron chi connectivity index (χ2n) is 5.03. The lowest BCUT2D eigenvalue weighted by molar-refractivity contribution is -0.144. The van der Waals surface area contributed by atoms with Crippen LogP contribution in [-0.4, -0.2) is 55.5 Å². The highest BCUT2D eigenvalue weighted by Gasteiger charge is 2.13. The highest BCUT2D eigenvalue weighted by molar-refractivity contribution is 5.78. The standard InChI is InChI=1S/C16H24N2O3/c1-4-21-16(20)10-11-17(2)13-15(19)18(3)12-14-8-6-5-7-9-14/h5-9H,4,10-13H2,1-3H3. The van der Waals surface area contributed by atoms with Gasteiger partial charge in [-0.05, 0) is 19.5 Å². The van der Waals surface area contributed by atoms with Crippen LogP contribution in [0.15, 0.2) is 30.3 Å². The summed E-state index contributed by atoms with van der Waals surface area (Å²) in [5, 5.41) is 0. The normalized spacial score (nSPS) is 10.5. The van der Waals surface area contributed by atoms with Crippen LogP contribution in [0.2, 0.25) is 0 Å². The molecule has 0 atom stereocenters. The molecule has 0 aliphatic rings. The van der Waals surface area contributed by atoms with Crippen molar-refractivity contribution >= 4 is 11.9 Å². The molecule has 0 heterocycles. The molecule has 0 saturated carbocycles. The van der Waals surface area contributed by atoms with Crippen LogP contribution in [0, 0.1) is 0 Å². The van der Waals surface area contributed by atoms with Crippen LogP contribution in [0.3, 0.4) is 0 Å². The first-order valence-corrected chi connectivity index (χ1v) is 7.15. The van der Waals surface area contributed by atoms with E-state index in [0.717, 1.165) is 5.56 Å². The van der Waals surface area contributed by atoms with Crippen molar-refractivity contribution in [2.75, 3.05) is 33.8 Å². The molecule has 0 unspecified atom stereocenters.